The van der Waals surface area contributed by atoms with Crippen LogP contribution in [0.5, 0.6) is 0 Å². The lowest BCUT2D eigenvalue weighted by molar-refractivity contribution is -0.151. The second kappa shape index (κ2) is 6.20. The van der Waals surface area contributed by atoms with Gasteiger partial charge >= 0.3 is 5.97 Å². The van der Waals surface area contributed by atoms with Crippen LogP contribution in [-0.4, -0.2) is 42.4 Å². The van der Waals surface area contributed by atoms with Crippen molar-refractivity contribution in [2.24, 2.45) is 5.41 Å². The molecule has 0 bridgehead atoms. The van der Waals surface area contributed by atoms with Crippen molar-refractivity contribution < 1.29 is 9.53 Å². The van der Waals surface area contributed by atoms with E-state index in [-0.39, 0.29) is 5.97 Å². The van der Waals surface area contributed by atoms with Crippen LogP contribution in [0.2, 0.25) is 0 Å². The van der Waals surface area contributed by atoms with Crippen LogP contribution in [0.1, 0.15) is 6.92 Å². The van der Waals surface area contributed by atoms with Crippen LogP contribution in [0.4, 0.5) is 5.82 Å². The second-order valence-electron chi connectivity index (χ2n) is 6.35. The highest BCUT2D eigenvalue weighted by Gasteiger charge is 2.52. The zero-order valence-electron chi connectivity index (χ0n) is 14.1. The smallest absolute Gasteiger partial charge is 0.319 e. The minimum Gasteiger partial charge on any atom is -0.465 e. The van der Waals surface area contributed by atoms with Crippen LogP contribution in [-0.2, 0) is 9.53 Å². The molecule has 6 heteroatoms. The molecule has 2 aliphatic rings. The molecular formula is C19H20N4O2. The summed E-state index contributed by atoms with van der Waals surface area (Å²) in [5, 5.41) is 11.9. The molecule has 1 fully saturated rings. The van der Waals surface area contributed by atoms with Crippen molar-refractivity contribution in [3.8, 4) is 11.3 Å². The maximum Gasteiger partial charge on any atom is 0.319 e. The summed E-state index contributed by atoms with van der Waals surface area (Å²) in [6.45, 7) is 4.02. The van der Waals surface area contributed by atoms with E-state index in [2.05, 4.69) is 20.4 Å². The van der Waals surface area contributed by atoms with E-state index in [1.807, 2.05) is 55.6 Å². The van der Waals surface area contributed by atoms with Gasteiger partial charge in [0, 0.05) is 25.2 Å². The summed E-state index contributed by atoms with van der Waals surface area (Å²) in [5.74, 6) is 0.612. The Bertz CT molecular complexity index is 804. The van der Waals surface area contributed by atoms with Crippen LogP contribution in [0.15, 0.2) is 54.2 Å². The van der Waals surface area contributed by atoms with Crippen molar-refractivity contribution in [2.45, 2.75) is 6.92 Å². The molecule has 0 radical (unpaired) electrons. The number of aromatic nitrogens is 2. The average molecular weight is 336 g/mol. The Morgan fingerprint density at radius 1 is 1.24 bits per heavy atom. The maximum absolute atomic E-state index is 12.5. The van der Waals surface area contributed by atoms with Gasteiger partial charge in [-0.15, -0.1) is 10.2 Å². The highest BCUT2D eigenvalue weighted by molar-refractivity contribution is 5.84. The summed E-state index contributed by atoms with van der Waals surface area (Å²) >= 11 is 0. The number of anilines is 1. The Hall–Kier alpha value is -2.89. The number of esters is 1. The Kier molecular flexibility index (Phi) is 3.87. The molecule has 0 aliphatic carbocycles. The summed E-state index contributed by atoms with van der Waals surface area (Å²) in [6, 6.07) is 13.9. The Morgan fingerprint density at radius 2 is 2.08 bits per heavy atom. The Morgan fingerprint density at radius 3 is 2.80 bits per heavy atom. The number of nitrogens with zero attached hydrogens (tertiary/aromatic N) is 3. The number of hydrogen-bond acceptors (Lipinski definition) is 6. The Labute approximate surface area is 146 Å². The maximum atomic E-state index is 12.5. The van der Waals surface area contributed by atoms with Crippen molar-refractivity contribution in [2.75, 3.05) is 31.1 Å². The molecule has 6 nitrogen and oxygen atoms in total. The fraction of sp³-hybridized carbons (Fsp3) is 0.316. The minimum absolute atomic E-state index is 0.164. The number of rotatable bonds is 4. The molecule has 1 aromatic heterocycles. The molecule has 25 heavy (non-hydrogen) atoms. The molecule has 1 atom stereocenters. The second-order valence-corrected chi connectivity index (χ2v) is 6.35. The first-order valence-electron chi connectivity index (χ1n) is 8.47. The number of nitrogens with one attached hydrogen (secondary N) is 1. The highest BCUT2D eigenvalue weighted by atomic mass is 16.5. The summed E-state index contributed by atoms with van der Waals surface area (Å²) in [5.41, 5.74) is 2.33. The summed E-state index contributed by atoms with van der Waals surface area (Å²) in [7, 11) is 0. The van der Waals surface area contributed by atoms with E-state index in [1.54, 1.807) is 0 Å². The molecule has 1 N–H and O–H groups in total. The number of carbonyl (C=O) groups is 1. The first kappa shape index (κ1) is 15.6. The van der Waals surface area contributed by atoms with E-state index in [0.29, 0.717) is 26.2 Å². The molecule has 1 saturated heterocycles. The van der Waals surface area contributed by atoms with Crippen LogP contribution in [0.25, 0.3) is 11.3 Å². The van der Waals surface area contributed by atoms with E-state index < -0.39 is 5.41 Å². The molecule has 3 heterocycles. The molecule has 128 valence electrons. The van der Waals surface area contributed by atoms with E-state index in [9.17, 15) is 4.79 Å². The number of carbonyl (C=O) groups excluding carboxylic acids is 1. The minimum atomic E-state index is -0.601. The zero-order valence-corrected chi connectivity index (χ0v) is 14.1. The average Bonchev–Trinajstić information content (AvgIpc) is 3.21. The van der Waals surface area contributed by atoms with Gasteiger partial charge in [0.15, 0.2) is 5.82 Å². The van der Waals surface area contributed by atoms with Gasteiger partial charge in [0.1, 0.15) is 5.41 Å². The first-order chi connectivity index (χ1) is 12.2. The lowest BCUT2D eigenvalue weighted by atomic mass is 9.85. The fourth-order valence-corrected chi connectivity index (χ4v) is 3.50. The van der Waals surface area contributed by atoms with E-state index in [1.165, 1.54) is 0 Å². The quantitative estimate of drug-likeness (QED) is 0.862. The molecule has 0 spiro atoms. The van der Waals surface area contributed by atoms with Gasteiger partial charge in [0.05, 0.1) is 12.3 Å². The molecule has 2 aliphatic heterocycles. The van der Waals surface area contributed by atoms with Crippen molar-refractivity contribution >= 4 is 11.8 Å². The van der Waals surface area contributed by atoms with Crippen LogP contribution in [0.3, 0.4) is 0 Å². The number of hydrogen-bond donors (Lipinski definition) is 1. The SMILES string of the molecule is CCOC(=O)C12CNC=C1CN(c1ccc(-c3ccccc3)nn1)C2. The monoisotopic (exact) mass is 336 g/mol. The zero-order chi connectivity index (χ0) is 17.3. The third kappa shape index (κ3) is 2.63. The lowest BCUT2D eigenvalue weighted by Gasteiger charge is -2.24. The van der Waals surface area contributed by atoms with Gasteiger partial charge in [0.25, 0.3) is 0 Å². The molecular weight excluding hydrogens is 316 g/mol. The largest absolute Gasteiger partial charge is 0.465 e. The molecule has 2 aromatic rings. The van der Waals surface area contributed by atoms with Gasteiger partial charge in [-0.05, 0) is 30.8 Å². The van der Waals surface area contributed by atoms with Gasteiger partial charge in [0.2, 0.25) is 0 Å². The van der Waals surface area contributed by atoms with Crippen LogP contribution in [0, 0.1) is 5.41 Å². The summed E-state index contributed by atoms with van der Waals surface area (Å²) < 4.78 is 5.31. The standard InChI is InChI=1S/C19H20N4O2/c1-2-25-18(24)19-12-20-10-15(19)11-23(13-19)17-9-8-16(21-22-17)14-6-4-3-5-7-14/h3-10,20H,2,11-13H2,1H3. The van der Waals surface area contributed by atoms with Gasteiger partial charge in [-0.2, -0.15) is 0 Å². The molecule has 0 amide bonds. The summed E-state index contributed by atoms with van der Waals surface area (Å²) in [6.07, 6.45) is 1.93. The molecule has 4 rings (SSSR count). The predicted molar refractivity (Wildman–Crippen MR) is 94.8 cm³/mol. The normalized spacial score (nSPS) is 21.5. The third-order valence-corrected chi connectivity index (χ3v) is 4.83. The molecule has 0 saturated carbocycles. The van der Waals surface area contributed by atoms with Gasteiger partial charge < -0.3 is 15.0 Å². The predicted octanol–water partition coefficient (Wildman–Crippen LogP) is 2.00. The van der Waals surface area contributed by atoms with E-state index in [4.69, 9.17) is 4.74 Å². The van der Waals surface area contributed by atoms with Crippen molar-refractivity contribution in [1.82, 2.24) is 15.5 Å². The lowest BCUT2D eigenvalue weighted by Crippen LogP contribution is -2.41. The van der Waals surface area contributed by atoms with Crippen LogP contribution < -0.4 is 10.2 Å². The number of ether oxygens (including phenoxy) is 1. The summed E-state index contributed by atoms with van der Waals surface area (Å²) in [4.78, 5) is 14.6. The topological polar surface area (TPSA) is 67.3 Å². The van der Waals surface area contributed by atoms with E-state index in [0.717, 1.165) is 22.6 Å². The fourth-order valence-electron chi connectivity index (χ4n) is 3.50. The number of fused-ring (bicyclic) bond motifs is 1. The third-order valence-electron chi connectivity index (χ3n) is 4.83. The highest BCUT2D eigenvalue weighted by Crippen LogP contribution is 2.40. The van der Waals surface area contributed by atoms with Crippen molar-refractivity contribution in [3.63, 3.8) is 0 Å². The molecule has 1 aromatic carbocycles. The van der Waals surface area contributed by atoms with Gasteiger partial charge in [-0.3, -0.25) is 4.79 Å². The number of benzene rings is 1. The van der Waals surface area contributed by atoms with Crippen molar-refractivity contribution in [1.29, 1.82) is 0 Å². The Balaban J connectivity index is 1.56. The van der Waals surface area contributed by atoms with E-state index >= 15 is 0 Å². The molecule has 1 unspecified atom stereocenters. The first-order valence-corrected chi connectivity index (χ1v) is 8.47. The van der Waals surface area contributed by atoms with Crippen LogP contribution >= 0.6 is 0 Å². The van der Waals surface area contributed by atoms with Gasteiger partial charge in [-0.1, -0.05) is 30.3 Å². The van der Waals surface area contributed by atoms with Gasteiger partial charge in [-0.25, -0.2) is 0 Å². The van der Waals surface area contributed by atoms with Crippen molar-refractivity contribution in [3.05, 3.63) is 54.2 Å².